The number of methoxy groups -OCH3 is 1. The van der Waals surface area contributed by atoms with Crippen molar-refractivity contribution in [2.24, 2.45) is 0 Å². The van der Waals surface area contributed by atoms with Crippen molar-refractivity contribution in [1.82, 2.24) is 4.90 Å². The Bertz CT molecular complexity index is 425. The molecule has 1 aliphatic rings. The van der Waals surface area contributed by atoms with E-state index in [1.165, 1.54) is 5.69 Å². The zero-order valence-corrected chi connectivity index (χ0v) is 12.9. The van der Waals surface area contributed by atoms with Gasteiger partial charge in [-0.15, -0.1) is 0 Å². The number of anilines is 2. The minimum atomic E-state index is -0.0268. The molecule has 0 spiro atoms. The molecule has 1 aliphatic heterocycles. The van der Waals surface area contributed by atoms with Crippen LogP contribution in [0.4, 0.5) is 11.4 Å². The van der Waals surface area contributed by atoms with Gasteiger partial charge < -0.3 is 15.4 Å². The summed E-state index contributed by atoms with van der Waals surface area (Å²) in [4.78, 5) is 4.89. The average Bonchev–Trinajstić information content (AvgIpc) is 2.46. The lowest BCUT2D eigenvalue weighted by molar-refractivity contribution is 0.00708. The number of rotatable bonds is 5. The van der Waals surface area contributed by atoms with Gasteiger partial charge in [-0.25, -0.2) is 0 Å². The molecule has 0 saturated carbocycles. The van der Waals surface area contributed by atoms with Crippen molar-refractivity contribution in [1.29, 1.82) is 0 Å². The molecule has 20 heavy (non-hydrogen) atoms. The summed E-state index contributed by atoms with van der Waals surface area (Å²) in [6.45, 7) is 9.66. The molecule has 0 aliphatic carbocycles. The standard InChI is InChI=1S/C16H27N3O/c1-16(2,20-3)8-9-18-10-12-19(13-11-18)15-7-5-4-6-14(15)17/h4-7H,8-13,17H2,1-3H3. The van der Waals surface area contributed by atoms with Gasteiger partial charge in [0.05, 0.1) is 17.0 Å². The molecule has 1 aromatic rings. The van der Waals surface area contributed by atoms with Crippen LogP contribution in [0.5, 0.6) is 0 Å². The fourth-order valence-corrected chi connectivity index (χ4v) is 2.52. The van der Waals surface area contributed by atoms with Crippen molar-refractivity contribution in [3.05, 3.63) is 24.3 Å². The second-order valence-corrected chi connectivity index (χ2v) is 6.10. The average molecular weight is 277 g/mol. The summed E-state index contributed by atoms with van der Waals surface area (Å²) in [6, 6.07) is 8.13. The predicted molar refractivity (Wildman–Crippen MR) is 85.2 cm³/mol. The third-order valence-corrected chi connectivity index (χ3v) is 4.23. The maximum Gasteiger partial charge on any atom is 0.0634 e. The van der Waals surface area contributed by atoms with Crippen LogP contribution in [0, 0.1) is 0 Å². The SMILES string of the molecule is COC(C)(C)CCN1CCN(c2ccccc2N)CC1. The molecule has 1 fully saturated rings. The largest absolute Gasteiger partial charge is 0.397 e. The quantitative estimate of drug-likeness (QED) is 0.838. The van der Waals surface area contributed by atoms with Crippen LogP contribution in [-0.4, -0.2) is 50.3 Å². The van der Waals surface area contributed by atoms with E-state index in [1.807, 2.05) is 12.1 Å². The second-order valence-electron chi connectivity index (χ2n) is 6.10. The van der Waals surface area contributed by atoms with Gasteiger partial charge in [0.2, 0.25) is 0 Å². The Morgan fingerprint density at radius 3 is 2.40 bits per heavy atom. The molecule has 0 amide bonds. The first-order valence-electron chi connectivity index (χ1n) is 7.39. The molecule has 0 aromatic heterocycles. The highest BCUT2D eigenvalue weighted by Gasteiger charge is 2.22. The maximum absolute atomic E-state index is 6.05. The van der Waals surface area contributed by atoms with Gasteiger partial charge in [-0.05, 0) is 32.4 Å². The molecule has 1 heterocycles. The van der Waals surface area contributed by atoms with Crippen LogP contribution in [-0.2, 0) is 4.74 Å². The molecular formula is C16H27N3O. The van der Waals surface area contributed by atoms with Crippen LogP contribution in [0.25, 0.3) is 0 Å². The molecule has 1 aromatic carbocycles. The number of nitrogen functional groups attached to an aromatic ring is 1. The van der Waals surface area contributed by atoms with Gasteiger partial charge in [-0.2, -0.15) is 0 Å². The Labute approximate surface area is 122 Å². The van der Waals surface area contributed by atoms with E-state index in [0.29, 0.717) is 0 Å². The lowest BCUT2D eigenvalue weighted by atomic mass is 10.0. The third kappa shape index (κ3) is 3.87. The number of hydrogen-bond acceptors (Lipinski definition) is 4. The number of benzene rings is 1. The van der Waals surface area contributed by atoms with E-state index in [9.17, 15) is 0 Å². The van der Waals surface area contributed by atoms with E-state index >= 15 is 0 Å². The van der Waals surface area contributed by atoms with E-state index in [2.05, 4.69) is 35.8 Å². The van der Waals surface area contributed by atoms with E-state index in [4.69, 9.17) is 10.5 Å². The predicted octanol–water partition coefficient (Wildman–Crippen LogP) is 2.21. The minimum absolute atomic E-state index is 0.0268. The minimum Gasteiger partial charge on any atom is -0.397 e. The molecule has 2 N–H and O–H groups in total. The van der Waals surface area contributed by atoms with Crippen molar-refractivity contribution in [2.45, 2.75) is 25.9 Å². The zero-order chi connectivity index (χ0) is 14.6. The fourth-order valence-electron chi connectivity index (χ4n) is 2.52. The van der Waals surface area contributed by atoms with Gasteiger partial charge >= 0.3 is 0 Å². The van der Waals surface area contributed by atoms with Crippen LogP contribution >= 0.6 is 0 Å². The molecule has 1 saturated heterocycles. The number of nitrogens with zero attached hydrogens (tertiary/aromatic N) is 2. The van der Waals surface area contributed by atoms with Gasteiger partial charge in [-0.3, -0.25) is 4.90 Å². The van der Waals surface area contributed by atoms with Crippen LogP contribution < -0.4 is 10.6 Å². The summed E-state index contributed by atoms with van der Waals surface area (Å²) in [7, 11) is 1.79. The normalized spacial score (nSPS) is 17.4. The molecule has 4 heteroatoms. The number of ether oxygens (including phenoxy) is 1. The Balaban J connectivity index is 1.82. The summed E-state index contributed by atoms with van der Waals surface area (Å²) in [5.41, 5.74) is 8.07. The first-order chi connectivity index (χ1) is 9.52. The van der Waals surface area contributed by atoms with Crippen LogP contribution in [0.2, 0.25) is 0 Å². The van der Waals surface area contributed by atoms with Crippen molar-refractivity contribution in [3.63, 3.8) is 0 Å². The van der Waals surface area contributed by atoms with Crippen molar-refractivity contribution >= 4 is 11.4 Å². The lowest BCUT2D eigenvalue weighted by Gasteiger charge is -2.37. The van der Waals surface area contributed by atoms with Gasteiger partial charge in [-0.1, -0.05) is 12.1 Å². The van der Waals surface area contributed by atoms with E-state index in [0.717, 1.165) is 44.8 Å². The zero-order valence-electron chi connectivity index (χ0n) is 12.9. The van der Waals surface area contributed by atoms with Crippen LogP contribution in [0.15, 0.2) is 24.3 Å². The van der Waals surface area contributed by atoms with Crippen molar-refractivity contribution in [2.75, 3.05) is 50.5 Å². The Kier molecular flexibility index (Phi) is 4.89. The molecule has 0 unspecified atom stereocenters. The monoisotopic (exact) mass is 277 g/mol. The Morgan fingerprint density at radius 1 is 1.15 bits per heavy atom. The molecule has 112 valence electrons. The fraction of sp³-hybridized carbons (Fsp3) is 0.625. The Morgan fingerprint density at radius 2 is 1.80 bits per heavy atom. The topological polar surface area (TPSA) is 41.7 Å². The highest BCUT2D eigenvalue weighted by molar-refractivity contribution is 5.67. The van der Waals surface area contributed by atoms with E-state index in [-0.39, 0.29) is 5.60 Å². The second kappa shape index (κ2) is 6.46. The van der Waals surface area contributed by atoms with Crippen molar-refractivity contribution < 1.29 is 4.74 Å². The maximum atomic E-state index is 6.05. The summed E-state index contributed by atoms with van der Waals surface area (Å²) >= 11 is 0. The third-order valence-electron chi connectivity index (χ3n) is 4.23. The molecule has 0 radical (unpaired) electrons. The Hall–Kier alpha value is -1.26. The summed E-state index contributed by atoms with van der Waals surface area (Å²) in [5, 5.41) is 0. The number of piperazine rings is 1. The summed E-state index contributed by atoms with van der Waals surface area (Å²) in [6.07, 6.45) is 1.07. The number of nitrogens with two attached hydrogens (primary N) is 1. The van der Waals surface area contributed by atoms with E-state index in [1.54, 1.807) is 7.11 Å². The molecule has 2 rings (SSSR count). The van der Waals surface area contributed by atoms with Gasteiger partial charge in [0.25, 0.3) is 0 Å². The van der Waals surface area contributed by atoms with E-state index < -0.39 is 0 Å². The van der Waals surface area contributed by atoms with Gasteiger partial charge in [0, 0.05) is 39.8 Å². The number of para-hydroxylation sites is 2. The van der Waals surface area contributed by atoms with Crippen molar-refractivity contribution in [3.8, 4) is 0 Å². The highest BCUT2D eigenvalue weighted by Crippen LogP contribution is 2.24. The molecule has 0 bridgehead atoms. The first-order valence-corrected chi connectivity index (χ1v) is 7.39. The number of hydrogen-bond donors (Lipinski definition) is 1. The van der Waals surface area contributed by atoms with Crippen LogP contribution in [0.1, 0.15) is 20.3 Å². The lowest BCUT2D eigenvalue weighted by Crippen LogP contribution is -2.47. The summed E-state index contributed by atoms with van der Waals surface area (Å²) in [5.74, 6) is 0. The molecule has 4 nitrogen and oxygen atoms in total. The van der Waals surface area contributed by atoms with Crippen LogP contribution in [0.3, 0.4) is 0 Å². The van der Waals surface area contributed by atoms with Gasteiger partial charge in [0.1, 0.15) is 0 Å². The highest BCUT2D eigenvalue weighted by atomic mass is 16.5. The molecular weight excluding hydrogens is 250 g/mol. The molecule has 0 atom stereocenters. The smallest absolute Gasteiger partial charge is 0.0634 e. The first kappa shape index (κ1) is 15.1. The summed E-state index contributed by atoms with van der Waals surface area (Å²) < 4.78 is 5.48. The van der Waals surface area contributed by atoms with Gasteiger partial charge in [0.15, 0.2) is 0 Å².